The average molecular weight is 425 g/mol. The largest absolute Gasteiger partial charge is 0.462 e. The highest BCUT2D eigenvalue weighted by atomic mass is 32.2. The Morgan fingerprint density at radius 3 is 2.34 bits per heavy atom. The van der Waals surface area contributed by atoms with Crippen molar-refractivity contribution in [1.29, 1.82) is 0 Å². The maximum Gasteiger partial charge on any atom is 0.229 e. The monoisotopic (exact) mass is 425 g/mol. The van der Waals surface area contributed by atoms with Crippen LogP contribution in [0.1, 0.15) is 0 Å². The molecular weight excluding hydrogens is 402 g/mol. The standard InChI is InChI=1S/C19H23NO8S/c1-29(26,27)20-15-5-3-2-4-13(15)11-6-8-12(9-7-11)28-18(24)19(25)14(10-21)16(22)17(19)23/h2-9,14,16-18,20-25H,10H2,1H3. The SMILES string of the molecule is CS(=O)(=O)Nc1ccccc1-c1ccc(OC(O)C2(O)C(O)C(O)C2CO)cc1. The summed E-state index contributed by atoms with van der Waals surface area (Å²) in [5, 5.41) is 49.3. The molecule has 9 nitrogen and oxygen atoms in total. The lowest BCUT2D eigenvalue weighted by atomic mass is 9.64. The van der Waals surface area contributed by atoms with E-state index in [9.17, 15) is 34.0 Å². The number of aliphatic hydroxyl groups is 5. The quantitative estimate of drug-likeness (QED) is 0.324. The van der Waals surface area contributed by atoms with Crippen molar-refractivity contribution in [1.82, 2.24) is 0 Å². The summed E-state index contributed by atoms with van der Waals surface area (Å²) < 4.78 is 30.8. The molecule has 6 N–H and O–H groups in total. The number of aliphatic hydroxyl groups excluding tert-OH is 4. The van der Waals surface area contributed by atoms with E-state index in [-0.39, 0.29) is 5.75 Å². The van der Waals surface area contributed by atoms with Crippen LogP contribution >= 0.6 is 0 Å². The van der Waals surface area contributed by atoms with Crippen LogP contribution in [-0.2, 0) is 10.0 Å². The van der Waals surface area contributed by atoms with Gasteiger partial charge in [0.05, 0.1) is 24.7 Å². The molecule has 0 aromatic heterocycles. The Morgan fingerprint density at radius 1 is 1.14 bits per heavy atom. The lowest BCUT2D eigenvalue weighted by Gasteiger charge is -2.53. The van der Waals surface area contributed by atoms with Crippen LogP contribution in [0.4, 0.5) is 5.69 Å². The van der Waals surface area contributed by atoms with E-state index >= 15 is 0 Å². The number of ether oxygens (including phenoxy) is 1. The van der Waals surface area contributed by atoms with E-state index in [4.69, 9.17) is 4.74 Å². The van der Waals surface area contributed by atoms with Crippen molar-refractivity contribution in [2.24, 2.45) is 5.92 Å². The summed E-state index contributed by atoms with van der Waals surface area (Å²) in [6.45, 7) is -0.641. The molecule has 158 valence electrons. The minimum absolute atomic E-state index is 0.161. The van der Waals surface area contributed by atoms with Crippen LogP contribution in [0.5, 0.6) is 5.75 Å². The highest BCUT2D eigenvalue weighted by Crippen LogP contribution is 2.42. The summed E-state index contributed by atoms with van der Waals surface area (Å²) in [5.74, 6) is -0.991. The van der Waals surface area contributed by atoms with Crippen LogP contribution in [0.2, 0.25) is 0 Å². The lowest BCUT2D eigenvalue weighted by Crippen LogP contribution is -2.76. The molecule has 0 amide bonds. The molecule has 2 aromatic rings. The maximum absolute atomic E-state index is 11.5. The minimum Gasteiger partial charge on any atom is -0.462 e. The van der Waals surface area contributed by atoms with Crippen molar-refractivity contribution in [2.75, 3.05) is 17.6 Å². The molecule has 2 aromatic carbocycles. The molecule has 5 unspecified atom stereocenters. The van der Waals surface area contributed by atoms with Gasteiger partial charge >= 0.3 is 0 Å². The fraction of sp³-hybridized carbons (Fsp3) is 0.368. The molecule has 29 heavy (non-hydrogen) atoms. The number of rotatable bonds is 7. The van der Waals surface area contributed by atoms with Crippen molar-refractivity contribution in [2.45, 2.75) is 24.1 Å². The van der Waals surface area contributed by atoms with Crippen molar-refractivity contribution in [3.05, 3.63) is 48.5 Å². The fourth-order valence-electron chi connectivity index (χ4n) is 3.41. The van der Waals surface area contributed by atoms with Crippen LogP contribution in [0, 0.1) is 5.92 Å². The molecule has 5 atom stereocenters. The topological polar surface area (TPSA) is 157 Å². The summed E-state index contributed by atoms with van der Waals surface area (Å²) >= 11 is 0. The molecule has 0 saturated heterocycles. The second-order valence-corrected chi connectivity index (χ2v) is 8.77. The second-order valence-electron chi connectivity index (χ2n) is 7.03. The zero-order valence-corrected chi connectivity index (χ0v) is 16.3. The van der Waals surface area contributed by atoms with Crippen LogP contribution in [0.25, 0.3) is 11.1 Å². The van der Waals surface area contributed by atoms with Gasteiger partial charge in [0.15, 0.2) is 5.60 Å². The number of sulfonamides is 1. The van der Waals surface area contributed by atoms with Crippen molar-refractivity contribution in [3.63, 3.8) is 0 Å². The van der Waals surface area contributed by atoms with Gasteiger partial charge < -0.3 is 30.3 Å². The normalized spacial score (nSPS) is 27.7. The van der Waals surface area contributed by atoms with Gasteiger partial charge in [-0.1, -0.05) is 30.3 Å². The number of hydrogen-bond acceptors (Lipinski definition) is 8. The highest BCUT2D eigenvalue weighted by molar-refractivity contribution is 7.92. The Hall–Kier alpha value is -2.21. The molecule has 3 rings (SSSR count). The van der Waals surface area contributed by atoms with Gasteiger partial charge in [-0.05, 0) is 23.8 Å². The Morgan fingerprint density at radius 2 is 1.76 bits per heavy atom. The third-order valence-electron chi connectivity index (χ3n) is 5.03. The molecule has 0 spiro atoms. The molecular formula is C19H23NO8S. The first-order valence-corrected chi connectivity index (χ1v) is 10.7. The molecule has 1 aliphatic carbocycles. The Balaban J connectivity index is 1.78. The molecule has 1 fully saturated rings. The number of para-hydroxylation sites is 1. The molecule has 0 heterocycles. The van der Waals surface area contributed by atoms with Gasteiger partial charge in [-0.2, -0.15) is 0 Å². The van der Waals surface area contributed by atoms with Crippen LogP contribution in [0.3, 0.4) is 0 Å². The molecule has 10 heteroatoms. The smallest absolute Gasteiger partial charge is 0.229 e. The third kappa shape index (κ3) is 4.08. The predicted molar refractivity (Wildman–Crippen MR) is 105 cm³/mol. The zero-order valence-electron chi connectivity index (χ0n) is 15.5. The summed E-state index contributed by atoms with van der Waals surface area (Å²) in [4.78, 5) is 0. The number of nitrogens with one attached hydrogen (secondary N) is 1. The fourth-order valence-corrected chi connectivity index (χ4v) is 3.99. The van der Waals surface area contributed by atoms with Gasteiger partial charge in [-0.25, -0.2) is 8.42 Å². The van der Waals surface area contributed by atoms with Gasteiger partial charge in [0, 0.05) is 11.5 Å². The van der Waals surface area contributed by atoms with Crippen molar-refractivity contribution < 1.29 is 38.7 Å². The van der Waals surface area contributed by atoms with E-state index in [1.54, 1.807) is 36.4 Å². The van der Waals surface area contributed by atoms with Gasteiger partial charge in [0.2, 0.25) is 16.3 Å². The molecule has 0 radical (unpaired) electrons. The van der Waals surface area contributed by atoms with E-state index < -0.39 is 46.6 Å². The summed E-state index contributed by atoms with van der Waals surface area (Å²) in [6.07, 6.45) is -3.87. The second kappa shape index (κ2) is 7.90. The zero-order chi connectivity index (χ0) is 21.4. The molecule has 1 saturated carbocycles. The summed E-state index contributed by atoms with van der Waals surface area (Å²) in [6, 6.07) is 13.1. The minimum atomic E-state index is -3.46. The van der Waals surface area contributed by atoms with Crippen LogP contribution in [-0.4, -0.2) is 70.9 Å². The van der Waals surface area contributed by atoms with Gasteiger partial charge in [-0.15, -0.1) is 0 Å². The van der Waals surface area contributed by atoms with E-state index in [0.717, 1.165) is 6.26 Å². The number of hydrogen-bond donors (Lipinski definition) is 6. The van der Waals surface area contributed by atoms with Crippen molar-refractivity contribution in [3.8, 4) is 16.9 Å². The molecule has 0 bridgehead atoms. The molecule has 1 aliphatic rings. The van der Waals surface area contributed by atoms with Gasteiger partial charge in [0.1, 0.15) is 11.9 Å². The van der Waals surface area contributed by atoms with E-state index in [0.29, 0.717) is 16.8 Å². The van der Waals surface area contributed by atoms with E-state index in [1.165, 1.54) is 12.1 Å². The number of benzene rings is 2. The van der Waals surface area contributed by atoms with E-state index in [1.807, 2.05) is 0 Å². The first kappa shape index (κ1) is 21.5. The predicted octanol–water partition coefficient (Wildman–Crippen LogP) is -0.503. The maximum atomic E-state index is 11.5. The Kier molecular flexibility index (Phi) is 5.86. The Bertz CT molecular complexity index is 964. The highest BCUT2D eigenvalue weighted by Gasteiger charge is 2.65. The first-order chi connectivity index (χ1) is 13.6. The summed E-state index contributed by atoms with van der Waals surface area (Å²) in [7, 11) is -3.46. The number of anilines is 1. The van der Waals surface area contributed by atoms with E-state index in [2.05, 4.69) is 4.72 Å². The van der Waals surface area contributed by atoms with Crippen LogP contribution < -0.4 is 9.46 Å². The van der Waals surface area contributed by atoms with Gasteiger partial charge in [0.25, 0.3) is 0 Å². The average Bonchev–Trinajstić information content (AvgIpc) is 2.67. The molecule has 0 aliphatic heterocycles. The Labute approximate surface area is 167 Å². The first-order valence-electron chi connectivity index (χ1n) is 8.79. The van der Waals surface area contributed by atoms with Crippen LogP contribution in [0.15, 0.2) is 48.5 Å². The van der Waals surface area contributed by atoms with Gasteiger partial charge in [-0.3, -0.25) is 4.72 Å². The lowest BCUT2D eigenvalue weighted by molar-refractivity contribution is -0.332. The summed E-state index contributed by atoms with van der Waals surface area (Å²) in [5.41, 5.74) is -0.514. The van der Waals surface area contributed by atoms with Crippen molar-refractivity contribution >= 4 is 15.7 Å². The third-order valence-corrected chi connectivity index (χ3v) is 5.62.